The van der Waals surface area contributed by atoms with Crippen LogP contribution in [-0.4, -0.2) is 29.1 Å². The molecule has 20 heavy (non-hydrogen) atoms. The third-order valence-corrected chi connectivity index (χ3v) is 4.30. The maximum Gasteiger partial charge on any atom is 0.240 e. The summed E-state index contributed by atoms with van der Waals surface area (Å²) in [5.41, 5.74) is 5.53. The summed E-state index contributed by atoms with van der Waals surface area (Å²) < 4.78 is 28.6. The fourth-order valence-electron chi connectivity index (χ4n) is 1.78. The predicted molar refractivity (Wildman–Crippen MR) is 74.5 cm³/mol. The first-order chi connectivity index (χ1) is 9.38. The summed E-state index contributed by atoms with van der Waals surface area (Å²) in [6, 6.07) is 3.47. The van der Waals surface area contributed by atoms with Gasteiger partial charge in [-0.25, -0.2) is 18.1 Å². The first-order valence-corrected chi connectivity index (χ1v) is 7.43. The van der Waals surface area contributed by atoms with Gasteiger partial charge in [0.2, 0.25) is 10.0 Å². The summed E-state index contributed by atoms with van der Waals surface area (Å²) in [5.74, 6) is -0.143. The third kappa shape index (κ3) is 3.28. The number of nitrogens with one attached hydrogen (secondary N) is 1. The first kappa shape index (κ1) is 14.4. The minimum atomic E-state index is -3.68. The molecule has 0 radical (unpaired) electrons. The van der Waals surface area contributed by atoms with Crippen molar-refractivity contribution in [3.8, 4) is 5.75 Å². The fraction of sp³-hybridized carbons (Fsp3) is 0.250. The second kappa shape index (κ2) is 5.51. The smallest absolute Gasteiger partial charge is 0.240 e. The van der Waals surface area contributed by atoms with Crippen LogP contribution in [0.2, 0.25) is 0 Å². The molecule has 2 rings (SSSR count). The van der Waals surface area contributed by atoms with Gasteiger partial charge < -0.3 is 15.4 Å². The summed E-state index contributed by atoms with van der Waals surface area (Å²) in [6.45, 7) is 2.22. The van der Waals surface area contributed by atoms with Gasteiger partial charge in [0.05, 0.1) is 16.9 Å². The van der Waals surface area contributed by atoms with Crippen molar-refractivity contribution in [1.82, 2.24) is 14.3 Å². The molecule has 1 aromatic heterocycles. The SMILES string of the molecule is CC(Cn1ccnc1)NS(=O)(=O)c1ccc(O)c(N)c1. The zero-order valence-corrected chi connectivity index (χ0v) is 11.7. The fourth-order valence-corrected chi connectivity index (χ4v) is 3.05. The number of nitrogens with two attached hydrogens (primary N) is 1. The minimum absolute atomic E-state index is 0.0188. The number of phenolic OH excluding ortho intramolecular Hbond substituents is 1. The Kier molecular flexibility index (Phi) is 3.96. The van der Waals surface area contributed by atoms with E-state index in [0.29, 0.717) is 6.54 Å². The summed E-state index contributed by atoms with van der Waals surface area (Å²) in [5, 5.41) is 9.31. The number of rotatable bonds is 5. The van der Waals surface area contributed by atoms with Crippen LogP contribution >= 0.6 is 0 Å². The van der Waals surface area contributed by atoms with E-state index in [1.807, 2.05) is 0 Å². The number of imidazole rings is 1. The Morgan fingerprint density at radius 2 is 2.25 bits per heavy atom. The highest BCUT2D eigenvalue weighted by Crippen LogP contribution is 2.23. The molecule has 8 heteroatoms. The van der Waals surface area contributed by atoms with Crippen LogP contribution in [0.1, 0.15) is 6.92 Å². The van der Waals surface area contributed by atoms with E-state index >= 15 is 0 Å². The van der Waals surface area contributed by atoms with Gasteiger partial charge in [-0.1, -0.05) is 0 Å². The zero-order chi connectivity index (χ0) is 14.8. The maximum atomic E-state index is 12.2. The number of hydrogen-bond acceptors (Lipinski definition) is 5. The van der Waals surface area contributed by atoms with Crippen molar-refractivity contribution < 1.29 is 13.5 Å². The number of nitrogen functional groups attached to an aromatic ring is 1. The van der Waals surface area contributed by atoms with E-state index in [1.54, 1.807) is 30.2 Å². The average Bonchev–Trinajstić information content (AvgIpc) is 2.84. The van der Waals surface area contributed by atoms with Gasteiger partial charge in [-0.05, 0) is 25.1 Å². The minimum Gasteiger partial charge on any atom is -0.506 e. The predicted octanol–water partition coefficient (Wildman–Crippen LogP) is 0.538. The van der Waals surface area contributed by atoms with Crippen LogP contribution in [0.4, 0.5) is 5.69 Å². The van der Waals surface area contributed by atoms with Crippen molar-refractivity contribution in [1.29, 1.82) is 0 Å². The lowest BCUT2D eigenvalue weighted by molar-refractivity contribution is 0.477. The van der Waals surface area contributed by atoms with E-state index in [4.69, 9.17) is 5.73 Å². The zero-order valence-electron chi connectivity index (χ0n) is 10.9. The van der Waals surface area contributed by atoms with E-state index in [9.17, 15) is 13.5 Å². The van der Waals surface area contributed by atoms with Gasteiger partial charge >= 0.3 is 0 Å². The molecular formula is C12H16N4O3S. The highest BCUT2D eigenvalue weighted by Gasteiger charge is 2.18. The summed E-state index contributed by atoms with van der Waals surface area (Å²) in [7, 11) is -3.68. The highest BCUT2D eigenvalue weighted by molar-refractivity contribution is 7.89. The van der Waals surface area contributed by atoms with Gasteiger partial charge in [-0.15, -0.1) is 0 Å². The lowest BCUT2D eigenvalue weighted by atomic mass is 10.3. The van der Waals surface area contributed by atoms with E-state index in [0.717, 1.165) is 0 Å². The number of aromatic hydroxyl groups is 1. The van der Waals surface area contributed by atoms with Crippen molar-refractivity contribution in [3.63, 3.8) is 0 Å². The molecule has 0 spiro atoms. The molecule has 0 fully saturated rings. The number of hydrogen-bond donors (Lipinski definition) is 3. The van der Waals surface area contributed by atoms with Crippen LogP contribution in [0.3, 0.4) is 0 Å². The van der Waals surface area contributed by atoms with E-state index in [-0.39, 0.29) is 22.4 Å². The summed E-state index contributed by atoms with van der Waals surface area (Å²) in [4.78, 5) is 3.91. The average molecular weight is 296 g/mol. The van der Waals surface area contributed by atoms with Crippen LogP contribution in [0.5, 0.6) is 5.75 Å². The van der Waals surface area contributed by atoms with Crippen LogP contribution in [-0.2, 0) is 16.6 Å². The van der Waals surface area contributed by atoms with Crippen molar-refractivity contribution in [2.24, 2.45) is 0 Å². The van der Waals surface area contributed by atoms with Gasteiger partial charge in [-0.3, -0.25) is 0 Å². The Bertz CT molecular complexity index is 683. The molecular weight excluding hydrogens is 280 g/mol. The Morgan fingerprint density at radius 3 is 2.85 bits per heavy atom. The number of anilines is 1. The second-order valence-corrected chi connectivity index (χ2v) is 6.22. The molecule has 1 heterocycles. The number of benzene rings is 1. The largest absolute Gasteiger partial charge is 0.506 e. The number of aromatic nitrogens is 2. The third-order valence-electron chi connectivity index (χ3n) is 2.71. The molecule has 0 aliphatic rings. The second-order valence-electron chi connectivity index (χ2n) is 4.50. The number of nitrogens with zero attached hydrogens (tertiary/aromatic N) is 2. The molecule has 4 N–H and O–H groups in total. The van der Waals surface area contributed by atoms with Crippen molar-refractivity contribution in [3.05, 3.63) is 36.9 Å². The van der Waals surface area contributed by atoms with E-state index in [1.165, 1.54) is 18.2 Å². The normalized spacial score (nSPS) is 13.2. The summed E-state index contributed by atoms with van der Waals surface area (Å²) >= 11 is 0. The molecule has 0 saturated heterocycles. The van der Waals surface area contributed by atoms with Gasteiger partial charge in [0, 0.05) is 25.0 Å². The molecule has 1 aromatic carbocycles. The Morgan fingerprint density at radius 1 is 1.50 bits per heavy atom. The topological polar surface area (TPSA) is 110 Å². The van der Waals surface area contributed by atoms with Gasteiger partial charge in [0.25, 0.3) is 0 Å². The van der Waals surface area contributed by atoms with E-state index < -0.39 is 10.0 Å². The van der Waals surface area contributed by atoms with Gasteiger partial charge in [0.1, 0.15) is 5.75 Å². The molecule has 0 saturated carbocycles. The van der Waals surface area contributed by atoms with Crippen LogP contribution < -0.4 is 10.5 Å². The molecule has 1 unspecified atom stereocenters. The van der Waals surface area contributed by atoms with Crippen LogP contribution in [0.25, 0.3) is 0 Å². The Balaban J connectivity index is 2.12. The number of sulfonamides is 1. The number of phenols is 1. The lowest BCUT2D eigenvalue weighted by Crippen LogP contribution is -2.35. The van der Waals surface area contributed by atoms with Crippen LogP contribution in [0, 0.1) is 0 Å². The highest BCUT2D eigenvalue weighted by atomic mass is 32.2. The Labute approximate surface area is 117 Å². The standard InChI is InChI=1S/C12H16N4O3S/c1-9(7-16-5-4-14-8-16)15-20(18,19)10-2-3-12(17)11(13)6-10/h2-6,8-9,15,17H,7,13H2,1H3. The Hall–Kier alpha value is -2.06. The molecule has 0 aliphatic heterocycles. The van der Waals surface area contributed by atoms with Gasteiger partial charge in [-0.2, -0.15) is 0 Å². The molecule has 0 amide bonds. The monoisotopic (exact) mass is 296 g/mol. The van der Waals surface area contributed by atoms with Crippen LogP contribution in [0.15, 0.2) is 41.8 Å². The molecule has 108 valence electrons. The first-order valence-electron chi connectivity index (χ1n) is 5.95. The molecule has 0 bridgehead atoms. The van der Waals surface area contributed by atoms with E-state index in [2.05, 4.69) is 9.71 Å². The van der Waals surface area contributed by atoms with Crippen molar-refractivity contribution >= 4 is 15.7 Å². The maximum absolute atomic E-state index is 12.2. The van der Waals surface area contributed by atoms with Crippen molar-refractivity contribution in [2.45, 2.75) is 24.4 Å². The summed E-state index contributed by atoms with van der Waals surface area (Å²) in [6.07, 6.45) is 4.99. The molecule has 1 atom stereocenters. The quantitative estimate of drug-likeness (QED) is 0.551. The van der Waals surface area contributed by atoms with Crippen molar-refractivity contribution in [2.75, 3.05) is 5.73 Å². The lowest BCUT2D eigenvalue weighted by Gasteiger charge is -2.15. The van der Waals surface area contributed by atoms with Gasteiger partial charge in [0.15, 0.2) is 0 Å². The molecule has 2 aromatic rings. The molecule has 0 aliphatic carbocycles. The molecule has 7 nitrogen and oxygen atoms in total.